The Morgan fingerprint density at radius 3 is 1.64 bits per heavy atom. The third-order valence-corrected chi connectivity index (χ3v) is 7.16. The molecule has 0 amide bonds. The van der Waals surface area contributed by atoms with Gasteiger partial charge in [0.25, 0.3) is 0 Å². The van der Waals surface area contributed by atoms with Crippen molar-refractivity contribution in [1.29, 1.82) is 0 Å². The lowest BCUT2D eigenvalue weighted by atomic mass is 10.1. The van der Waals surface area contributed by atoms with Gasteiger partial charge in [-0.05, 0) is 64.7 Å². The maximum absolute atomic E-state index is 7.13. The van der Waals surface area contributed by atoms with Crippen LogP contribution in [0.5, 0.6) is 11.5 Å². The Hall–Kier alpha value is -4.47. The summed E-state index contributed by atoms with van der Waals surface area (Å²) >= 11 is 7.13. The van der Waals surface area contributed by atoms with E-state index in [9.17, 15) is 0 Å². The van der Waals surface area contributed by atoms with Gasteiger partial charge in [0.15, 0.2) is 0 Å². The molecule has 192 valence electrons. The molecule has 0 radical (unpaired) electrons. The fourth-order valence-electron chi connectivity index (χ4n) is 4.79. The summed E-state index contributed by atoms with van der Waals surface area (Å²) in [4.78, 5) is 0. The van der Waals surface area contributed by atoms with Gasteiger partial charge in [0.1, 0.15) is 24.7 Å². The third-order valence-electron chi connectivity index (χ3n) is 6.78. The van der Waals surface area contributed by atoms with Crippen molar-refractivity contribution in [3.63, 3.8) is 0 Å². The summed E-state index contributed by atoms with van der Waals surface area (Å²) in [6.07, 6.45) is 0. The highest BCUT2D eigenvalue weighted by Gasteiger charge is 2.19. The Kier molecular flexibility index (Phi) is 7.33. The van der Waals surface area contributed by atoms with E-state index in [1.54, 1.807) is 0 Å². The molecular weight excluding hydrogens is 502 g/mol. The van der Waals surface area contributed by atoms with Gasteiger partial charge in [0.2, 0.25) is 0 Å². The fraction of sp³-hybridized carbons (Fsp3) is 0.0857. The minimum atomic E-state index is 0.506. The van der Waals surface area contributed by atoms with Gasteiger partial charge in [-0.3, -0.25) is 0 Å². The smallest absolute Gasteiger partial charge is 0.120 e. The number of ether oxygens (including phenoxy) is 2. The lowest BCUT2D eigenvalue weighted by molar-refractivity contribution is 0.306. The van der Waals surface area contributed by atoms with Crippen molar-refractivity contribution in [2.75, 3.05) is 0 Å². The summed E-state index contributed by atoms with van der Waals surface area (Å²) in [6, 6.07) is 45.1. The van der Waals surface area contributed by atoms with E-state index in [4.69, 9.17) is 21.1 Å². The molecule has 0 aliphatic heterocycles. The zero-order chi connectivity index (χ0) is 26.4. The lowest BCUT2D eigenvalue weighted by Gasteiger charge is -2.13. The molecule has 1 aromatic heterocycles. The molecule has 39 heavy (non-hydrogen) atoms. The van der Waals surface area contributed by atoms with Gasteiger partial charge in [0, 0.05) is 11.9 Å². The second kappa shape index (κ2) is 11.5. The molecule has 0 N–H and O–H groups in total. The molecule has 0 saturated carbocycles. The lowest BCUT2D eigenvalue weighted by Crippen LogP contribution is -2.02. The Morgan fingerprint density at radius 2 is 1.05 bits per heavy atom. The Bertz CT molecular complexity index is 1660. The summed E-state index contributed by atoms with van der Waals surface area (Å²) in [7, 11) is 0. The molecule has 1 heterocycles. The molecular formula is C35H28ClNO2. The van der Waals surface area contributed by atoms with Gasteiger partial charge >= 0.3 is 0 Å². The van der Waals surface area contributed by atoms with Crippen molar-refractivity contribution in [2.45, 2.75) is 19.8 Å². The van der Waals surface area contributed by atoms with Crippen LogP contribution >= 0.6 is 11.6 Å². The van der Waals surface area contributed by atoms with Crippen LogP contribution in [0.4, 0.5) is 0 Å². The quantitative estimate of drug-likeness (QED) is 0.186. The average molecular weight is 530 g/mol. The normalized spacial score (nSPS) is 11.0. The number of aromatic nitrogens is 1. The van der Waals surface area contributed by atoms with E-state index in [1.165, 1.54) is 5.56 Å². The Morgan fingerprint density at radius 1 is 0.538 bits per heavy atom. The average Bonchev–Trinajstić information content (AvgIpc) is 3.27. The van der Waals surface area contributed by atoms with Gasteiger partial charge in [0.05, 0.1) is 16.2 Å². The maximum atomic E-state index is 7.13. The van der Waals surface area contributed by atoms with Crippen molar-refractivity contribution in [3.05, 3.63) is 155 Å². The zero-order valence-electron chi connectivity index (χ0n) is 21.5. The fourth-order valence-corrected chi connectivity index (χ4v) is 5.15. The predicted molar refractivity (Wildman–Crippen MR) is 159 cm³/mol. The largest absolute Gasteiger partial charge is 0.489 e. The van der Waals surface area contributed by atoms with Crippen molar-refractivity contribution in [1.82, 2.24) is 4.57 Å². The number of hydrogen-bond donors (Lipinski definition) is 0. The molecule has 6 aromatic rings. The van der Waals surface area contributed by atoms with Crippen molar-refractivity contribution in [3.8, 4) is 22.8 Å². The van der Waals surface area contributed by atoms with Crippen LogP contribution < -0.4 is 9.47 Å². The molecule has 0 unspecified atom stereocenters. The van der Waals surface area contributed by atoms with Crippen LogP contribution in [0, 0.1) is 0 Å². The summed E-state index contributed by atoms with van der Waals surface area (Å²) in [6.45, 7) is 1.74. The van der Waals surface area contributed by atoms with Crippen LogP contribution in [0.3, 0.4) is 0 Å². The van der Waals surface area contributed by atoms with Crippen LogP contribution in [0.25, 0.3) is 22.2 Å². The first-order valence-corrected chi connectivity index (χ1v) is 13.4. The van der Waals surface area contributed by atoms with E-state index >= 15 is 0 Å². The molecule has 5 aromatic carbocycles. The van der Waals surface area contributed by atoms with Crippen molar-refractivity contribution < 1.29 is 9.47 Å². The zero-order valence-corrected chi connectivity index (χ0v) is 22.2. The van der Waals surface area contributed by atoms with Crippen LogP contribution in [-0.4, -0.2) is 4.57 Å². The maximum Gasteiger partial charge on any atom is 0.120 e. The highest BCUT2D eigenvalue weighted by Crippen LogP contribution is 2.40. The molecule has 4 heteroatoms. The minimum Gasteiger partial charge on any atom is -0.489 e. The standard InChI is InChI=1S/C35H28ClNO2/c36-34-32-22-31(39-25-28-14-8-3-9-15-28)20-21-33(32)37(23-26-10-4-1-5-11-26)35(34)29-16-18-30(19-17-29)38-24-27-12-6-2-7-13-27/h1-22H,23-25H2. The van der Waals surface area contributed by atoms with Crippen LogP contribution in [0.1, 0.15) is 16.7 Å². The monoisotopic (exact) mass is 529 g/mol. The first kappa shape index (κ1) is 24.8. The summed E-state index contributed by atoms with van der Waals surface area (Å²) in [5.74, 6) is 1.61. The highest BCUT2D eigenvalue weighted by atomic mass is 35.5. The van der Waals surface area contributed by atoms with Gasteiger partial charge < -0.3 is 14.0 Å². The number of halogens is 1. The molecule has 0 bridgehead atoms. The Balaban J connectivity index is 1.33. The van der Waals surface area contributed by atoms with E-state index in [2.05, 4.69) is 71.3 Å². The third kappa shape index (κ3) is 5.69. The number of nitrogens with zero attached hydrogens (tertiary/aromatic N) is 1. The molecule has 3 nitrogen and oxygen atoms in total. The van der Waals surface area contributed by atoms with Gasteiger partial charge in [-0.2, -0.15) is 0 Å². The summed E-state index contributed by atoms with van der Waals surface area (Å²) in [5, 5.41) is 1.68. The first-order chi connectivity index (χ1) is 19.2. The molecule has 0 fully saturated rings. The topological polar surface area (TPSA) is 23.4 Å². The SMILES string of the molecule is Clc1c(-c2ccc(OCc3ccccc3)cc2)n(Cc2ccccc2)c2ccc(OCc3ccccc3)cc12. The van der Waals surface area contributed by atoms with E-state index in [0.717, 1.165) is 44.8 Å². The molecule has 0 aliphatic rings. The van der Waals surface area contributed by atoms with Crippen LogP contribution in [-0.2, 0) is 19.8 Å². The second-order valence-electron chi connectivity index (χ2n) is 9.49. The first-order valence-electron chi connectivity index (χ1n) is 13.0. The summed E-state index contributed by atoms with van der Waals surface area (Å²) in [5.41, 5.74) is 6.55. The molecule has 0 saturated heterocycles. The van der Waals surface area contributed by atoms with Crippen molar-refractivity contribution >= 4 is 22.5 Å². The second-order valence-corrected chi connectivity index (χ2v) is 9.86. The van der Waals surface area contributed by atoms with Gasteiger partial charge in [-0.1, -0.05) is 103 Å². The van der Waals surface area contributed by atoms with Crippen LogP contribution in [0.2, 0.25) is 5.02 Å². The number of rotatable bonds is 9. The van der Waals surface area contributed by atoms with Gasteiger partial charge in [-0.15, -0.1) is 0 Å². The number of fused-ring (bicyclic) bond motifs is 1. The van der Waals surface area contributed by atoms with E-state index in [-0.39, 0.29) is 0 Å². The molecule has 0 atom stereocenters. The van der Waals surface area contributed by atoms with E-state index < -0.39 is 0 Å². The molecule has 0 aliphatic carbocycles. The van der Waals surface area contributed by atoms with Gasteiger partial charge in [-0.25, -0.2) is 0 Å². The highest BCUT2D eigenvalue weighted by molar-refractivity contribution is 6.38. The molecule has 0 spiro atoms. The number of hydrogen-bond acceptors (Lipinski definition) is 2. The van der Waals surface area contributed by atoms with Crippen molar-refractivity contribution in [2.24, 2.45) is 0 Å². The Labute approximate surface area is 233 Å². The van der Waals surface area contributed by atoms with Crippen LogP contribution in [0.15, 0.2) is 133 Å². The number of benzene rings is 5. The summed E-state index contributed by atoms with van der Waals surface area (Å²) < 4.78 is 14.4. The molecule has 6 rings (SSSR count). The van der Waals surface area contributed by atoms with E-state index in [0.29, 0.717) is 24.8 Å². The minimum absolute atomic E-state index is 0.506. The predicted octanol–water partition coefficient (Wildman–Crippen LogP) is 9.17. The van der Waals surface area contributed by atoms with E-state index in [1.807, 2.05) is 66.7 Å².